The summed E-state index contributed by atoms with van der Waals surface area (Å²) >= 11 is 0. The summed E-state index contributed by atoms with van der Waals surface area (Å²) in [6.45, 7) is 6.52. The van der Waals surface area contributed by atoms with Crippen LogP contribution < -0.4 is 10.6 Å². The summed E-state index contributed by atoms with van der Waals surface area (Å²) in [5, 5.41) is 15.9. The third kappa shape index (κ3) is 5.45. The van der Waals surface area contributed by atoms with E-state index in [2.05, 4.69) is 25.6 Å². The first kappa shape index (κ1) is 23.3. The Morgan fingerprint density at radius 1 is 1.09 bits per heavy atom. The van der Waals surface area contributed by atoms with Gasteiger partial charge in [0.25, 0.3) is 0 Å². The molecule has 0 aliphatic carbocycles. The molecule has 3 N–H and O–H groups in total. The predicted octanol–water partition coefficient (Wildman–Crippen LogP) is 3.18. The van der Waals surface area contributed by atoms with E-state index in [4.69, 9.17) is 0 Å². The Bertz CT molecular complexity index is 1270. The number of hydrogen-bond acceptors (Lipinski definition) is 8. The number of hydrogen-bond donors (Lipinski definition) is 3. The van der Waals surface area contributed by atoms with E-state index < -0.39 is 15.4 Å². The van der Waals surface area contributed by atoms with E-state index in [1.54, 1.807) is 57.4 Å². The van der Waals surface area contributed by atoms with Gasteiger partial charge in [-0.3, -0.25) is 9.78 Å². The lowest BCUT2D eigenvalue weighted by Crippen LogP contribution is -2.15. The zero-order valence-corrected chi connectivity index (χ0v) is 19.3. The van der Waals surface area contributed by atoms with E-state index in [1.807, 2.05) is 0 Å². The van der Waals surface area contributed by atoms with Crippen LogP contribution in [0.3, 0.4) is 0 Å². The van der Waals surface area contributed by atoms with Gasteiger partial charge in [0.15, 0.2) is 14.9 Å². The number of pyridine rings is 3. The first-order chi connectivity index (χ1) is 14.8. The van der Waals surface area contributed by atoms with Crippen LogP contribution in [-0.2, 0) is 20.2 Å². The lowest BCUT2D eigenvalue weighted by atomic mass is 9.99. The third-order valence-electron chi connectivity index (χ3n) is 4.66. The minimum absolute atomic E-state index is 0.0593. The maximum absolute atomic E-state index is 11.9. The fourth-order valence-electron chi connectivity index (χ4n) is 2.90. The number of anilines is 3. The van der Waals surface area contributed by atoms with Crippen molar-refractivity contribution in [2.75, 3.05) is 16.9 Å². The van der Waals surface area contributed by atoms with E-state index in [1.165, 1.54) is 13.0 Å². The average molecular weight is 456 g/mol. The standard InChI is InChI=1S/C22H25N5O4S/c1-13-6-9-20(32(5,30)31)27-21(13)26-18-10-19(25-14(2)28)24-12-16(18)17-8-7-15(11-23-17)22(3,4)29/h6-12,29H,1-5H3,(H2,24,25,26,27,28). The molecule has 0 saturated heterocycles. The molecule has 0 aromatic carbocycles. The van der Waals surface area contributed by atoms with E-state index in [-0.39, 0.29) is 10.9 Å². The average Bonchev–Trinajstić information content (AvgIpc) is 2.68. The lowest BCUT2D eigenvalue weighted by Gasteiger charge is -2.18. The Hall–Kier alpha value is -3.37. The zero-order chi connectivity index (χ0) is 23.7. The number of nitrogens with one attached hydrogen (secondary N) is 2. The molecule has 3 heterocycles. The van der Waals surface area contributed by atoms with Crippen LogP contribution in [0.5, 0.6) is 0 Å². The van der Waals surface area contributed by atoms with Gasteiger partial charge in [0.05, 0.1) is 17.0 Å². The molecule has 0 fully saturated rings. The van der Waals surface area contributed by atoms with Crippen LogP contribution in [0.2, 0.25) is 0 Å². The van der Waals surface area contributed by atoms with Crippen molar-refractivity contribution in [2.24, 2.45) is 0 Å². The van der Waals surface area contributed by atoms with E-state index in [9.17, 15) is 18.3 Å². The monoisotopic (exact) mass is 455 g/mol. The van der Waals surface area contributed by atoms with Crippen LogP contribution >= 0.6 is 0 Å². The van der Waals surface area contributed by atoms with E-state index in [0.717, 1.165) is 11.8 Å². The van der Waals surface area contributed by atoms with Gasteiger partial charge in [-0.05, 0) is 38.5 Å². The lowest BCUT2D eigenvalue weighted by molar-refractivity contribution is -0.114. The van der Waals surface area contributed by atoms with Crippen LogP contribution in [0.25, 0.3) is 11.3 Å². The highest BCUT2D eigenvalue weighted by atomic mass is 32.2. The second kappa shape index (κ2) is 8.64. The maximum Gasteiger partial charge on any atom is 0.222 e. The van der Waals surface area contributed by atoms with Crippen molar-refractivity contribution in [1.82, 2.24) is 15.0 Å². The predicted molar refractivity (Wildman–Crippen MR) is 122 cm³/mol. The maximum atomic E-state index is 11.9. The van der Waals surface area contributed by atoms with Gasteiger partial charge in [-0.1, -0.05) is 12.1 Å². The summed E-state index contributed by atoms with van der Waals surface area (Å²) in [5.74, 6) is 0.383. The molecular weight excluding hydrogens is 430 g/mol. The van der Waals surface area contributed by atoms with Gasteiger partial charge < -0.3 is 15.7 Å². The van der Waals surface area contributed by atoms with Gasteiger partial charge in [-0.25, -0.2) is 18.4 Å². The normalized spacial score (nSPS) is 11.8. The van der Waals surface area contributed by atoms with Crippen molar-refractivity contribution >= 4 is 33.1 Å². The van der Waals surface area contributed by atoms with Crippen LogP contribution in [0, 0.1) is 6.92 Å². The van der Waals surface area contributed by atoms with Crippen molar-refractivity contribution in [3.05, 3.63) is 53.9 Å². The number of sulfone groups is 1. The van der Waals surface area contributed by atoms with Crippen molar-refractivity contribution in [1.29, 1.82) is 0 Å². The van der Waals surface area contributed by atoms with Gasteiger partial charge >= 0.3 is 0 Å². The molecule has 0 saturated carbocycles. The molecule has 3 aromatic rings. The highest BCUT2D eigenvalue weighted by molar-refractivity contribution is 7.90. The van der Waals surface area contributed by atoms with Crippen LogP contribution in [0.1, 0.15) is 31.9 Å². The van der Waals surface area contributed by atoms with Gasteiger partial charge in [0, 0.05) is 42.8 Å². The molecule has 0 unspecified atom stereocenters. The summed E-state index contributed by atoms with van der Waals surface area (Å²) in [6, 6.07) is 8.25. The molecule has 0 aliphatic rings. The number of carbonyl (C=O) groups excluding carboxylic acids is 1. The van der Waals surface area contributed by atoms with Crippen LogP contribution in [-0.4, -0.2) is 40.6 Å². The smallest absolute Gasteiger partial charge is 0.222 e. The highest BCUT2D eigenvalue weighted by Crippen LogP contribution is 2.32. The second-order valence-electron chi connectivity index (χ2n) is 8.00. The Kier molecular flexibility index (Phi) is 6.29. The molecule has 10 heteroatoms. The number of aryl methyl sites for hydroxylation is 1. The number of aromatic nitrogens is 3. The molecule has 3 rings (SSSR count). The molecule has 0 atom stereocenters. The highest BCUT2D eigenvalue weighted by Gasteiger charge is 2.18. The molecule has 0 spiro atoms. The fraction of sp³-hybridized carbons (Fsp3) is 0.273. The Balaban J connectivity index is 2.10. The van der Waals surface area contributed by atoms with E-state index in [0.29, 0.717) is 34.1 Å². The number of aliphatic hydroxyl groups is 1. The Morgan fingerprint density at radius 3 is 2.38 bits per heavy atom. The molecule has 9 nitrogen and oxygen atoms in total. The fourth-order valence-corrected chi connectivity index (χ4v) is 3.47. The largest absolute Gasteiger partial charge is 0.386 e. The summed E-state index contributed by atoms with van der Waals surface area (Å²) in [7, 11) is -3.50. The number of rotatable bonds is 6. The Morgan fingerprint density at radius 2 is 1.81 bits per heavy atom. The quantitative estimate of drug-likeness (QED) is 0.516. The first-order valence-corrected chi connectivity index (χ1v) is 11.7. The zero-order valence-electron chi connectivity index (χ0n) is 18.5. The van der Waals surface area contributed by atoms with Crippen molar-refractivity contribution < 1.29 is 18.3 Å². The van der Waals surface area contributed by atoms with Crippen molar-refractivity contribution in [2.45, 2.75) is 38.3 Å². The van der Waals surface area contributed by atoms with Gasteiger partial charge in [-0.2, -0.15) is 0 Å². The molecule has 0 bridgehead atoms. The van der Waals surface area contributed by atoms with Crippen LogP contribution in [0.15, 0.2) is 47.8 Å². The SMILES string of the molecule is CC(=O)Nc1cc(Nc2nc(S(C)(=O)=O)ccc2C)c(-c2ccc(C(C)(C)O)cn2)cn1. The summed E-state index contributed by atoms with van der Waals surface area (Å²) in [6.07, 6.45) is 4.22. The second-order valence-corrected chi connectivity index (χ2v) is 9.96. The molecule has 0 aliphatic heterocycles. The molecule has 32 heavy (non-hydrogen) atoms. The number of carbonyl (C=O) groups is 1. The van der Waals surface area contributed by atoms with Crippen molar-refractivity contribution in [3.63, 3.8) is 0 Å². The number of nitrogens with zero attached hydrogens (tertiary/aromatic N) is 3. The third-order valence-corrected chi connectivity index (χ3v) is 5.65. The molecule has 168 valence electrons. The molecule has 0 radical (unpaired) electrons. The molecule has 3 aromatic heterocycles. The van der Waals surface area contributed by atoms with Gasteiger partial charge in [0.1, 0.15) is 11.6 Å². The van der Waals surface area contributed by atoms with Gasteiger partial charge in [0.2, 0.25) is 5.91 Å². The van der Waals surface area contributed by atoms with Crippen LogP contribution in [0.4, 0.5) is 17.3 Å². The summed E-state index contributed by atoms with van der Waals surface area (Å²) in [5.41, 5.74) is 2.04. The molecular formula is C22H25N5O4S. The summed E-state index contributed by atoms with van der Waals surface area (Å²) in [4.78, 5) is 24.5. The molecule has 1 amide bonds. The van der Waals surface area contributed by atoms with E-state index >= 15 is 0 Å². The first-order valence-electron chi connectivity index (χ1n) is 9.76. The summed E-state index contributed by atoms with van der Waals surface area (Å²) < 4.78 is 23.9. The van der Waals surface area contributed by atoms with Gasteiger partial charge in [-0.15, -0.1) is 0 Å². The van der Waals surface area contributed by atoms with Crippen molar-refractivity contribution in [3.8, 4) is 11.3 Å². The minimum Gasteiger partial charge on any atom is -0.386 e. The Labute approximate surface area is 186 Å². The number of amides is 1. The topological polar surface area (TPSA) is 134 Å². The minimum atomic E-state index is -3.50.